The highest BCUT2D eigenvalue weighted by atomic mass is 14.9. The van der Waals surface area contributed by atoms with Gasteiger partial charge in [-0.2, -0.15) is 0 Å². The minimum Gasteiger partial charge on any atom is -0.260 e. The number of benzene rings is 1. The lowest BCUT2D eigenvalue weighted by Crippen LogP contribution is -2.25. The first-order chi connectivity index (χ1) is 19.3. The van der Waals surface area contributed by atoms with Crippen molar-refractivity contribution in [2.75, 3.05) is 0 Å². The molecule has 0 N–H and O–H groups in total. The fourth-order valence-electron chi connectivity index (χ4n) is 7.23. The van der Waals surface area contributed by atoms with Gasteiger partial charge in [0.25, 0.3) is 0 Å². The van der Waals surface area contributed by atoms with E-state index in [4.69, 9.17) is 19.9 Å². The zero-order valence-electron chi connectivity index (χ0n) is 23.2. The van der Waals surface area contributed by atoms with E-state index in [-0.39, 0.29) is 16.7 Å². The van der Waals surface area contributed by atoms with E-state index < -0.39 is 0 Å². The van der Waals surface area contributed by atoms with Gasteiger partial charge in [-0.25, -0.2) is 9.97 Å². The molecule has 1 aromatic carbocycles. The molecule has 3 aliphatic carbocycles. The second-order valence-electron chi connectivity index (χ2n) is 12.4. The van der Waals surface area contributed by atoms with E-state index in [1.54, 1.807) is 0 Å². The molecule has 5 aromatic rings. The number of aromatic nitrogens is 4. The van der Waals surface area contributed by atoms with E-state index in [0.717, 1.165) is 39.3 Å². The van der Waals surface area contributed by atoms with Gasteiger partial charge in [0, 0.05) is 40.2 Å². The van der Waals surface area contributed by atoms with Gasteiger partial charge in [-0.3, -0.25) is 9.97 Å². The Morgan fingerprint density at radius 2 is 1.48 bits per heavy atom. The quantitative estimate of drug-likeness (QED) is 0.237. The fraction of sp³-hybridized carbons (Fsp3) is 0.222. The summed E-state index contributed by atoms with van der Waals surface area (Å²) in [7, 11) is 0. The Morgan fingerprint density at radius 3 is 2.33 bits per heavy atom. The number of nitrogens with zero attached hydrogens (tertiary/aromatic N) is 4. The molecular weight excluding hydrogens is 488 g/mol. The van der Waals surface area contributed by atoms with Crippen LogP contribution in [0.2, 0.25) is 0 Å². The first-order valence-corrected chi connectivity index (χ1v) is 14.1. The third-order valence-electron chi connectivity index (χ3n) is 9.48. The molecular formula is C36H30N4. The lowest BCUT2D eigenvalue weighted by molar-refractivity contribution is 0.394. The van der Waals surface area contributed by atoms with Crippen LogP contribution in [0.3, 0.4) is 0 Å². The van der Waals surface area contributed by atoms with Crippen LogP contribution < -0.4 is 0 Å². The van der Waals surface area contributed by atoms with Gasteiger partial charge in [0.1, 0.15) is 0 Å². The molecule has 4 nitrogen and oxygen atoms in total. The molecule has 2 unspecified atom stereocenters. The Morgan fingerprint density at radius 1 is 0.725 bits per heavy atom. The molecule has 0 aliphatic heterocycles. The van der Waals surface area contributed by atoms with Crippen LogP contribution in [0.15, 0.2) is 97.4 Å². The molecule has 194 valence electrons. The fourth-order valence-corrected chi connectivity index (χ4v) is 7.23. The predicted octanol–water partition coefficient (Wildman–Crippen LogP) is 8.04. The van der Waals surface area contributed by atoms with Gasteiger partial charge in [0.15, 0.2) is 5.65 Å². The van der Waals surface area contributed by atoms with Gasteiger partial charge < -0.3 is 0 Å². The molecule has 4 aromatic heterocycles. The highest BCUT2D eigenvalue weighted by Gasteiger charge is 2.46. The van der Waals surface area contributed by atoms with Crippen molar-refractivity contribution in [3.05, 3.63) is 125 Å². The second-order valence-corrected chi connectivity index (χ2v) is 12.4. The minimum atomic E-state index is -0.0600. The van der Waals surface area contributed by atoms with Crippen molar-refractivity contribution in [1.29, 1.82) is 0 Å². The number of fused-ring (bicyclic) bond motifs is 7. The number of hydrogen-bond acceptors (Lipinski definition) is 4. The highest BCUT2D eigenvalue weighted by molar-refractivity contribution is 5.85. The average Bonchev–Trinajstić information content (AvgIpc) is 3.36. The predicted molar refractivity (Wildman–Crippen MR) is 161 cm³/mol. The van der Waals surface area contributed by atoms with Crippen LogP contribution in [0.25, 0.3) is 39.1 Å². The molecule has 3 aliphatic rings. The minimum absolute atomic E-state index is 0.0567. The van der Waals surface area contributed by atoms with Crippen molar-refractivity contribution in [2.45, 2.75) is 44.4 Å². The Bertz CT molecular complexity index is 1930. The van der Waals surface area contributed by atoms with Crippen LogP contribution in [-0.4, -0.2) is 19.9 Å². The van der Waals surface area contributed by atoms with Gasteiger partial charge >= 0.3 is 0 Å². The van der Waals surface area contributed by atoms with Crippen LogP contribution in [0.1, 0.15) is 61.7 Å². The number of hydrogen-bond donors (Lipinski definition) is 0. The Labute approximate surface area is 234 Å². The molecule has 0 amide bonds. The summed E-state index contributed by atoms with van der Waals surface area (Å²) in [5.41, 5.74) is 12.2. The second kappa shape index (κ2) is 8.04. The molecule has 0 fully saturated rings. The molecule has 0 saturated carbocycles. The van der Waals surface area contributed by atoms with Crippen molar-refractivity contribution >= 4 is 16.6 Å². The number of allylic oxidation sites excluding steroid dienone is 4. The van der Waals surface area contributed by atoms with E-state index in [2.05, 4.69) is 107 Å². The molecule has 0 saturated heterocycles. The largest absolute Gasteiger partial charge is 0.260 e. The molecule has 40 heavy (non-hydrogen) atoms. The van der Waals surface area contributed by atoms with Crippen molar-refractivity contribution in [3.8, 4) is 22.5 Å². The van der Waals surface area contributed by atoms with Crippen molar-refractivity contribution in [2.24, 2.45) is 5.92 Å². The summed E-state index contributed by atoms with van der Waals surface area (Å²) in [6, 6.07) is 23.6. The summed E-state index contributed by atoms with van der Waals surface area (Å²) in [5.74, 6) is 0.658. The van der Waals surface area contributed by atoms with Gasteiger partial charge in [-0.05, 0) is 76.1 Å². The summed E-state index contributed by atoms with van der Waals surface area (Å²) >= 11 is 0. The molecule has 8 rings (SSSR count). The molecule has 4 heteroatoms. The van der Waals surface area contributed by atoms with E-state index >= 15 is 0 Å². The summed E-state index contributed by atoms with van der Waals surface area (Å²) in [6.45, 7) is 9.21. The Kier molecular flexibility index (Phi) is 4.72. The third kappa shape index (κ3) is 3.19. The van der Waals surface area contributed by atoms with Gasteiger partial charge in [-0.1, -0.05) is 70.2 Å². The number of pyridine rings is 4. The zero-order chi connectivity index (χ0) is 27.2. The Balaban J connectivity index is 1.19. The first-order valence-electron chi connectivity index (χ1n) is 14.1. The normalized spacial score (nSPS) is 20.9. The van der Waals surface area contributed by atoms with Crippen LogP contribution in [0.5, 0.6) is 0 Å². The zero-order valence-corrected chi connectivity index (χ0v) is 23.2. The number of rotatable bonds is 2. The third-order valence-corrected chi connectivity index (χ3v) is 9.48. The van der Waals surface area contributed by atoms with Gasteiger partial charge in [0.05, 0.1) is 22.8 Å². The molecule has 0 spiro atoms. The Hall–Kier alpha value is -4.44. The molecule has 2 atom stereocenters. The SMILES string of the molecule is CC1(C)c2ccc(-c3ccc4ccc(C5=CC6c7ncccc7C(C)(C)C6C=C5)nc4n3)cc2-c2ncccc21. The smallest absolute Gasteiger partial charge is 0.160 e. The van der Waals surface area contributed by atoms with Crippen LogP contribution in [-0.2, 0) is 10.8 Å². The molecule has 4 heterocycles. The maximum Gasteiger partial charge on any atom is 0.160 e. The van der Waals surface area contributed by atoms with Crippen LogP contribution in [0.4, 0.5) is 0 Å². The summed E-state index contributed by atoms with van der Waals surface area (Å²) < 4.78 is 0. The average molecular weight is 519 g/mol. The lowest BCUT2D eigenvalue weighted by Gasteiger charge is -2.30. The summed E-state index contributed by atoms with van der Waals surface area (Å²) in [4.78, 5) is 19.6. The van der Waals surface area contributed by atoms with E-state index in [0.29, 0.717) is 5.92 Å². The lowest BCUT2D eigenvalue weighted by atomic mass is 9.73. The maximum absolute atomic E-state index is 5.06. The first kappa shape index (κ1) is 23.4. The van der Waals surface area contributed by atoms with Crippen molar-refractivity contribution < 1.29 is 0 Å². The maximum atomic E-state index is 5.06. The van der Waals surface area contributed by atoms with Gasteiger partial charge in [0.2, 0.25) is 0 Å². The molecule has 0 bridgehead atoms. The topological polar surface area (TPSA) is 51.6 Å². The highest BCUT2D eigenvalue weighted by Crippen LogP contribution is 2.53. The summed E-state index contributed by atoms with van der Waals surface area (Å²) in [6.07, 6.45) is 10.7. The van der Waals surface area contributed by atoms with Crippen molar-refractivity contribution in [1.82, 2.24) is 19.9 Å². The monoisotopic (exact) mass is 518 g/mol. The van der Waals surface area contributed by atoms with E-state index in [9.17, 15) is 0 Å². The van der Waals surface area contributed by atoms with E-state index in [1.807, 2.05) is 18.5 Å². The summed E-state index contributed by atoms with van der Waals surface area (Å²) in [5, 5.41) is 1.04. The van der Waals surface area contributed by atoms with Gasteiger partial charge in [-0.15, -0.1) is 0 Å². The standard InChI is InChI=1S/C36H30N4/c1-35(2)26-13-9-22(19-24(26)32-28(35)7-5-17-37-32)30-15-11-21-12-16-31(40-34(21)39-30)23-10-14-27-25(20-23)33-29(36(27,3)4)8-6-18-38-33/h5-20,24,26H,1-4H3. The van der Waals surface area contributed by atoms with E-state index in [1.165, 1.54) is 27.9 Å². The van der Waals surface area contributed by atoms with Crippen LogP contribution >= 0.6 is 0 Å². The van der Waals surface area contributed by atoms with Crippen molar-refractivity contribution in [3.63, 3.8) is 0 Å². The van der Waals surface area contributed by atoms with Crippen LogP contribution in [0, 0.1) is 5.92 Å². The molecule has 0 radical (unpaired) electrons.